The Morgan fingerprint density at radius 2 is 1.74 bits per heavy atom. The van der Waals surface area contributed by atoms with Crippen molar-refractivity contribution in [1.82, 2.24) is 9.97 Å². The zero-order valence-electron chi connectivity index (χ0n) is 15.2. The van der Waals surface area contributed by atoms with Gasteiger partial charge in [-0.1, -0.05) is 17.7 Å². The molecule has 0 aliphatic heterocycles. The van der Waals surface area contributed by atoms with Crippen LogP contribution in [-0.2, 0) is 6.42 Å². The van der Waals surface area contributed by atoms with E-state index in [2.05, 4.69) is 20.6 Å². The molecule has 6 nitrogen and oxygen atoms in total. The zero-order valence-corrected chi connectivity index (χ0v) is 16.0. The fourth-order valence-corrected chi connectivity index (χ4v) is 2.68. The highest BCUT2D eigenvalue weighted by molar-refractivity contribution is 6.30. The first-order valence-electron chi connectivity index (χ1n) is 8.48. The molecule has 140 valence electrons. The lowest BCUT2D eigenvalue weighted by atomic mass is 10.1. The van der Waals surface area contributed by atoms with Crippen LogP contribution < -0.4 is 20.1 Å². The highest BCUT2D eigenvalue weighted by Crippen LogP contribution is 2.27. The van der Waals surface area contributed by atoms with Gasteiger partial charge >= 0.3 is 0 Å². The van der Waals surface area contributed by atoms with Gasteiger partial charge in [0.1, 0.15) is 5.82 Å². The number of hydrogen-bond donors (Lipinski definition) is 2. The molecule has 0 saturated heterocycles. The smallest absolute Gasteiger partial charge is 0.229 e. The van der Waals surface area contributed by atoms with Gasteiger partial charge in [0.25, 0.3) is 0 Å². The van der Waals surface area contributed by atoms with Crippen LogP contribution in [-0.4, -0.2) is 30.7 Å². The third kappa shape index (κ3) is 5.24. The second kappa shape index (κ2) is 9.09. The minimum Gasteiger partial charge on any atom is -0.493 e. The van der Waals surface area contributed by atoms with Crippen LogP contribution in [0.3, 0.4) is 0 Å². The number of rotatable bonds is 8. The van der Waals surface area contributed by atoms with Crippen molar-refractivity contribution < 1.29 is 9.47 Å². The number of ether oxygens (including phenoxy) is 2. The number of methoxy groups -OCH3 is 2. The fourth-order valence-electron chi connectivity index (χ4n) is 2.55. The standard InChI is InChI=1S/C20H21ClN4O2/c1-26-17-8-3-14(13-18(17)27-2)9-11-22-19-10-12-23-20(25-19)24-16-6-4-15(21)5-7-16/h3-8,10,12-13H,9,11H2,1-2H3,(H2,22,23,24,25). The van der Waals surface area contributed by atoms with Gasteiger partial charge in [-0.25, -0.2) is 4.98 Å². The number of aromatic nitrogens is 2. The molecule has 0 amide bonds. The molecule has 0 spiro atoms. The summed E-state index contributed by atoms with van der Waals surface area (Å²) in [5.41, 5.74) is 2.02. The Morgan fingerprint density at radius 3 is 2.48 bits per heavy atom. The van der Waals surface area contributed by atoms with Crippen LogP contribution in [0.5, 0.6) is 11.5 Å². The first-order chi connectivity index (χ1) is 13.2. The van der Waals surface area contributed by atoms with E-state index in [0.717, 1.165) is 41.5 Å². The van der Waals surface area contributed by atoms with E-state index in [1.54, 1.807) is 20.4 Å². The minimum absolute atomic E-state index is 0.522. The highest BCUT2D eigenvalue weighted by atomic mass is 35.5. The molecule has 0 radical (unpaired) electrons. The Morgan fingerprint density at radius 1 is 0.963 bits per heavy atom. The van der Waals surface area contributed by atoms with Gasteiger partial charge in [0.15, 0.2) is 11.5 Å². The number of benzene rings is 2. The normalized spacial score (nSPS) is 10.3. The summed E-state index contributed by atoms with van der Waals surface area (Å²) in [4.78, 5) is 8.71. The molecule has 0 saturated carbocycles. The van der Waals surface area contributed by atoms with Crippen LogP contribution in [0.4, 0.5) is 17.5 Å². The molecule has 0 unspecified atom stereocenters. The van der Waals surface area contributed by atoms with E-state index in [9.17, 15) is 0 Å². The molecular weight excluding hydrogens is 364 g/mol. The lowest BCUT2D eigenvalue weighted by Gasteiger charge is -2.11. The lowest BCUT2D eigenvalue weighted by molar-refractivity contribution is 0.354. The van der Waals surface area contributed by atoms with Crippen molar-refractivity contribution in [2.24, 2.45) is 0 Å². The Bertz CT molecular complexity index is 887. The maximum atomic E-state index is 5.90. The first-order valence-corrected chi connectivity index (χ1v) is 8.86. The second-order valence-electron chi connectivity index (χ2n) is 5.76. The third-order valence-corrected chi connectivity index (χ3v) is 4.18. The number of hydrogen-bond acceptors (Lipinski definition) is 6. The largest absolute Gasteiger partial charge is 0.493 e. The topological polar surface area (TPSA) is 68.3 Å². The molecule has 0 atom stereocenters. The van der Waals surface area contributed by atoms with E-state index in [4.69, 9.17) is 21.1 Å². The monoisotopic (exact) mass is 384 g/mol. The van der Waals surface area contributed by atoms with Crippen LogP contribution in [0.25, 0.3) is 0 Å². The van der Waals surface area contributed by atoms with Crippen LogP contribution in [0.2, 0.25) is 5.02 Å². The van der Waals surface area contributed by atoms with Gasteiger partial charge in [-0.05, 0) is 54.4 Å². The summed E-state index contributed by atoms with van der Waals surface area (Å²) in [7, 11) is 3.26. The first kappa shape index (κ1) is 18.8. The van der Waals surface area contributed by atoms with Crippen molar-refractivity contribution in [2.75, 3.05) is 31.4 Å². The van der Waals surface area contributed by atoms with E-state index >= 15 is 0 Å². The molecule has 0 bridgehead atoms. The molecule has 7 heteroatoms. The van der Waals surface area contributed by atoms with Gasteiger partial charge < -0.3 is 20.1 Å². The summed E-state index contributed by atoms with van der Waals surface area (Å²) in [6, 6.07) is 15.1. The van der Waals surface area contributed by atoms with Gasteiger partial charge in [-0.3, -0.25) is 0 Å². The molecule has 0 fully saturated rings. The highest BCUT2D eigenvalue weighted by Gasteiger charge is 2.05. The molecule has 1 heterocycles. The molecule has 27 heavy (non-hydrogen) atoms. The van der Waals surface area contributed by atoms with Crippen LogP contribution in [0, 0.1) is 0 Å². The van der Waals surface area contributed by atoms with E-state index in [-0.39, 0.29) is 0 Å². The molecule has 3 aromatic rings. The van der Waals surface area contributed by atoms with Gasteiger partial charge in [-0.2, -0.15) is 4.98 Å². The van der Waals surface area contributed by atoms with Crippen molar-refractivity contribution in [2.45, 2.75) is 6.42 Å². The summed E-state index contributed by atoms with van der Waals surface area (Å²) in [6.07, 6.45) is 2.54. The number of nitrogens with zero attached hydrogens (tertiary/aromatic N) is 2. The van der Waals surface area contributed by atoms with Crippen molar-refractivity contribution in [1.29, 1.82) is 0 Å². The van der Waals surface area contributed by atoms with E-state index in [1.165, 1.54) is 0 Å². The maximum Gasteiger partial charge on any atom is 0.229 e. The van der Waals surface area contributed by atoms with Crippen molar-refractivity contribution >= 4 is 29.1 Å². The zero-order chi connectivity index (χ0) is 19.1. The van der Waals surface area contributed by atoms with Gasteiger partial charge in [0.05, 0.1) is 14.2 Å². The Balaban J connectivity index is 1.57. The molecule has 2 N–H and O–H groups in total. The summed E-state index contributed by atoms with van der Waals surface area (Å²) >= 11 is 5.90. The van der Waals surface area contributed by atoms with Crippen LogP contribution >= 0.6 is 11.6 Å². The van der Waals surface area contributed by atoms with Gasteiger partial charge in [-0.15, -0.1) is 0 Å². The number of nitrogens with one attached hydrogen (secondary N) is 2. The third-order valence-electron chi connectivity index (χ3n) is 3.92. The SMILES string of the molecule is COc1ccc(CCNc2ccnc(Nc3ccc(Cl)cc3)n2)cc1OC. The summed E-state index contributed by atoms with van der Waals surface area (Å²) < 4.78 is 10.6. The predicted octanol–water partition coefficient (Wildman–Crippen LogP) is 4.55. The summed E-state index contributed by atoms with van der Waals surface area (Å²) in [5.74, 6) is 2.73. The predicted molar refractivity (Wildman–Crippen MR) is 109 cm³/mol. The molecule has 1 aromatic heterocycles. The van der Waals surface area contributed by atoms with Gasteiger partial charge in [0.2, 0.25) is 5.95 Å². The average molecular weight is 385 g/mol. The number of anilines is 3. The molecule has 0 aliphatic rings. The Labute approximate surface area is 163 Å². The lowest BCUT2D eigenvalue weighted by Crippen LogP contribution is -2.08. The summed E-state index contributed by atoms with van der Waals surface area (Å²) in [5, 5.41) is 7.15. The quantitative estimate of drug-likeness (QED) is 0.594. The Hall–Kier alpha value is -2.99. The van der Waals surface area contributed by atoms with E-state index in [1.807, 2.05) is 48.5 Å². The van der Waals surface area contributed by atoms with E-state index in [0.29, 0.717) is 11.0 Å². The van der Waals surface area contributed by atoms with Gasteiger partial charge in [0, 0.05) is 23.5 Å². The van der Waals surface area contributed by atoms with Crippen molar-refractivity contribution in [3.8, 4) is 11.5 Å². The average Bonchev–Trinajstić information content (AvgIpc) is 2.70. The van der Waals surface area contributed by atoms with Crippen molar-refractivity contribution in [3.63, 3.8) is 0 Å². The maximum absolute atomic E-state index is 5.90. The Kier molecular flexibility index (Phi) is 6.33. The molecule has 3 rings (SSSR count). The van der Waals surface area contributed by atoms with Crippen LogP contribution in [0.1, 0.15) is 5.56 Å². The van der Waals surface area contributed by atoms with E-state index < -0.39 is 0 Å². The fraction of sp³-hybridized carbons (Fsp3) is 0.200. The minimum atomic E-state index is 0.522. The van der Waals surface area contributed by atoms with Crippen LogP contribution in [0.15, 0.2) is 54.7 Å². The number of halogens is 1. The molecule has 2 aromatic carbocycles. The van der Waals surface area contributed by atoms with Crippen molar-refractivity contribution in [3.05, 3.63) is 65.3 Å². The second-order valence-corrected chi connectivity index (χ2v) is 6.20. The molecule has 0 aliphatic carbocycles. The molecular formula is C20H21ClN4O2. The summed E-state index contributed by atoms with van der Waals surface area (Å²) in [6.45, 7) is 0.729.